The van der Waals surface area contributed by atoms with E-state index in [-0.39, 0.29) is 18.1 Å². The molecule has 1 amide bonds. The van der Waals surface area contributed by atoms with E-state index in [9.17, 15) is 4.79 Å². The van der Waals surface area contributed by atoms with E-state index in [1.165, 1.54) is 0 Å². The molecule has 0 aliphatic carbocycles. The summed E-state index contributed by atoms with van der Waals surface area (Å²) in [5.74, 6) is 1.38. The number of nitrogens with two attached hydrogens (primary N) is 1. The predicted octanol–water partition coefficient (Wildman–Crippen LogP) is 1.32. The minimum atomic E-state index is -0.888. The molecule has 126 valence electrons. The molecule has 0 saturated carbocycles. The molecule has 2 aliphatic heterocycles. The molecular weight excluding hydrogens is 296 g/mol. The summed E-state index contributed by atoms with van der Waals surface area (Å²) in [5, 5.41) is 3.01. The minimum Gasteiger partial charge on any atom is -0.454 e. The molecule has 0 aromatic heterocycles. The number of hydrogen-bond donors (Lipinski definition) is 2. The molecule has 0 radical (unpaired) electrons. The van der Waals surface area contributed by atoms with E-state index in [0.717, 1.165) is 29.9 Å². The van der Waals surface area contributed by atoms with Crippen molar-refractivity contribution in [1.29, 1.82) is 0 Å². The van der Waals surface area contributed by atoms with Gasteiger partial charge in [-0.05, 0) is 44.4 Å². The molecule has 23 heavy (non-hydrogen) atoms. The second-order valence-electron chi connectivity index (χ2n) is 6.87. The van der Waals surface area contributed by atoms with E-state index in [0.29, 0.717) is 19.8 Å². The fourth-order valence-corrected chi connectivity index (χ4v) is 3.03. The van der Waals surface area contributed by atoms with E-state index >= 15 is 0 Å². The summed E-state index contributed by atoms with van der Waals surface area (Å²) in [6.07, 6.45) is 1.69. The minimum absolute atomic E-state index is 0.149. The van der Waals surface area contributed by atoms with Crippen molar-refractivity contribution in [3.8, 4) is 11.5 Å². The average molecular weight is 320 g/mol. The van der Waals surface area contributed by atoms with Gasteiger partial charge in [0.05, 0.1) is 5.54 Å². The van der Waals surface area contributed by atoms with Gasteiger partial charge in [0.15, 0.2) is 11.5 Å². The van der Waals surface area contributed by atoms with Crippen LogP contribution < -0.4 is 20.5 Å². The lowest BCUT2D eigenvalue weighted by Crippen LogP contribution is -2.53. The highest BCUT2D eigenvalue weighted by atomic mass is 16.7. The summed E-state index contributed by atoms with van der Waals surface area (Å²) in [6, 6.07) is 6.01. The van der Waals surface area contributed by atoms with Crippen molar-refractivity contribution >= 4 is 5.91 Å². The fourth-order valence-electron chi connectivity index (χ4n) is 3.03. The third-order valence-electron chi connectivity index (χ3n) is 4.61. The van der Waals surface area contributed by atoms with Crippen LogP contribution in [0.1, 0.15) is 32.3 Å². The van der Waals surface area contributed by atoms with Crippen molar-refractivity contribution < 1.29 is 19.0 Å². The Kier molecular flexibility index (Phi) is 4.21. The zero-order valence-corrected chi connectivity index (χ0v) is 13.7. The Balaban J connectivity index is 1.83. The van der Waals surface area contributed by atoms with E-state index < -0.39 is 5.54 Å². The van der Waals surface area contributed by atoms with Gasteiger partial charge in [-0.3, -0.25) is 4.79 Å². The van der Waals surface area contributed by atoms with Gasteiger partial charge in [0.25, 0.3) is 0 Å². The van der Waals surface area contributed by atoms with Gasteiger partial charge in [0.1, 0.15) is 0 Å². The van der Waals surface area contributed by atoms with Crippen molar-refractivity contribution in [2.75, 3.05) is 26.6 Å². The first-order chi connectivity index (χ1) is 10.9. The molecule has 3 rings (SSSR count). The maximum atomic E-state index is 12.2. The number of benzene rings is 1. The van der Waals surface area contributed by atoms with Crippen LogP contribution in [0, 0.1) is 0 Å². The number of carbonyl (C=O) groups is 1. The number of fused-ring (bicyclic) bond motifs is 1. The Morgan fingerprint density at radius 2 is 1.96 bits per heavy atom. The lowest BCUT2D eigenvalue weighted by Gasteiger charge is -2.38. The van der Waals surface area contributed by atoms with Crippen molar-refractivity contribution in [2.24, 2.45) is 5.73 Å². The van der Waals surface area contributed by atoms with Gasteiger partial charge >= 0.3 is 0 Å². The Hall–Kier alpha value is -1.79. The summed E-state index contributed by atoms with van der Waals surface area (Å²) in [6.45, 7) is 5.56. The zero-order chi connectivity index (χ0) is 16.5. The molecule has 6 heteroatoms. The van der Waals surface area contributed by atoms with Gasteiger partial charge in [-0.25, -0.2) is 0 Å². The monoisotopic (exact) mass is 320 g/mol. The highest BCUT2D eigenvalue weighted by Gasteiger charge is 2.37. The van der Waals surface area contributed by atoms with E-state index in [1.54, 1.807) is 13.8 Å². The largest absolute Gasteiger partial charge is 0.454 e. The first kappa shape index (κ1) is 16.1. The molecule has 0 spiro atoms. The van der Waals surface area contributed by atoms with Crippen LogP contribution in [0.4, 0.5) is 0 Å². The van der Waals surface area contributed by atoms with Gasteiger partial charge in [-0.1, -0.05) is 6.07 Å². The summed E-state index contributed by atoms with van der Waals surface area (Å²) in [5.41, 5.74) is 5.96. The third-order valence-corrected chi connectivity index (χ3v) is 4.61. The lowest BCUT2D eigenvalue weighted by atomic mass is 9.74. The molecule has 1 fully saturated rings. The van der Waals surface area contributed by atoms with Crippen LogP contribution >= 0.6 is 0 Å². The van der Waals surface area contributed by atoms with Gasteiger partial charge in [0.2, 0.25) is 12.7 Å². The van der Waals surface area contributed by atoms with Crippen LogP contribution in [0.3, 0.4) is 0 Å². The normalized spacial score (nSPS) is 19.4. The second-order valence-corrected chi connectivity index (χ2v) is 6.87. The molecule has 6 nitrogen and oxygen atoms in total. The van der Waals surface area contributed by atoms with Gasteiger partial charge in [-0.2, -0.15) is 0 Å². The number of carbonyl (C=O) groups excluding carboxylic acids is 1. The summed E-state index contributed by atoms with van der Waals surface area (Å²) in [4.78, 5) is 12.2. The van der Waals surface area contributed by atoms with Crippen molar-refractivity contribution in [3.05, 3.63) is 23.8 Å². The van der Waals surface area contributed by atoms with Crippen LogP contribution in [-0.2, 0) is 14.9 Å². The molecule has 3 N–H and O–H groups in total. The fraction of sp³-hybridized carbons (Fsp3) is 0.588. The second kappa shape index (κ2) is 6.02. The highest BCUT2D eigenvalue weighted by molar-refractivity contribution is 5.85. The number of amides is 1. The standard InChI is InChI=1S/C17H24N2O4/c1-16(2,18)15(20)19-10-17(5-7-21-8-6-17)12-3-4-13-14(9-12)23-11-22-13/h3-4,9H,5-8,10-11,18H2,1-2H3,(H,19,20). The quantitative estimate of drug-likeness (QED) is 0.874. The molecule has 2 aliphatic rings. The smallest absolute Gasteiger partial charge is 0.239 e. The topological polar surface area (TPSA) is 82.8 Å². The van der Waals surface area contributed by atoms with Crippen molar-refractivity contribution in [3.63, 3.8) is 0 Å². The molecule has 1 saturated heterocycles. The highest BCUT2D eigenvalue weighted by Crippen LogP contribution is 2.40. The first-order valence-corrected chi connectivity index (χ1v) is 7.96. The maximum absolute atomic E-state index is 12.2. The SMILES string of the molecule is CC(C)(N)C(=O)NCC1(c2ccc3c(c2)OCO3)CCOCC1. The Morgan fingerprint density at radius 1 is 1.26 bits per heavy atom. The Bertz CT molecular complexity index is 589. The molecule has 1 aromatic rings. The molecule has 0 bridgehead atoms. The lowest BCUT2D eigenvalue weighted by molar-refractivity contribution is -0.125. The van der Waals surface area contributed by atoms with Crippen molar-refractivity contribution in [2.45, 2.75) is 37.6 Å². The number of ether oxygens (including phenoxy) is 3. The Labute approximate surface area is 136 Å². The number of rotatable bonds is 4. The summed E-state index contributed by atoms with van der Waals surface area (Å²) in [7, 11) is 0. The van der Waals surface area contributed by atoms with Crippen LogP contribution in [0.2, 0.25) is 0 Å². The van der Waals surface area contributed by atoms with E-state index in [4.69, 9.17) is 19.9 Å². The van der Waals surface area contributed by atoms with E-state index in [1.807, 2.05) is 12.1 Å². The molecule has 0 unspecified atom stereocenters. The maximum Gasteiger partial charge on any atom is 0.239 e. The number of nitrogens with one attached hydrogen (secondary N) is 1. The van der Waals surface area contributed by atoms with E-state index in [2.05, 4.69) is 11.4 Å². The van der Waals surface area contributed by atoms with Crippen LogP contribution in [0.5, 0.6) is 11.5 Å². The Morgan fingerprint density at radius 3 is 2.65 bits per heavy atom. The van der Waals surface area contributed by atoms with Crippen LogP contribution in [0.25, 0.3) is 0 Å². The molecule has 2 heterocycles. The first-order valence-electron chi connectivity index (χ1n) is 7.96. The van der Waals surface area contributed by atoms with Gasteiger partial charge in [0, 0.05) is 25.2 Å². The third kappa shape index (κ3) is 3.28. The average Bonchev–Trinajstić information content (AvgIpc) is 3.00. The van der Waals surface area contributed by atoms with Crippen molar-refractivity contribution in [1.82, 2.24) is 5.32 Å². The van der Waals surface area contributed by atoms with Gasteiger partial charge in [-0.15, -0.1) is 0 Å². The van der Waals surface area contributed by atoms with Crippen LogP contribution in [-0.4, -0.2) is 38.0 Å². The summed E-state index contributed by atoms with van der Waals surface area (Å²) < 4.78 is 16.4. The van der Waals surface area contributed by atoms with Crippen LogP contribution in [0.15, 0.2) is 18.2 Å². The molecular formula is C17H24N2O4. The molecule has 0 atom stereocenters. The zero-order valence-electron chi connectivity index (χ0n) is 13.7. The number of hydrogen-bond acceptors (Lipinski definition) is 5. The summed E-state index contributed by atoms with van der Waals surface area (Å²) >= 11 is 0. The predicted molar refractivity (Wildman–Crippen MR) is 85.6 cm³/mol. The molecule has 1 aromatic carbocycles. The van der Waals surface area contributed by atoms with Gasteiger partial charge < -0.3 is 25.3 Å².